The molecule has 3 aromatic carbocycles. The second kappa shape index (κ2) is 10.2. The van der Waals surface area contributed by atoms with Crippen LogP contribution in [0.3, 0.4) is 0 Å². The van der Waals surface area contributed by atoms with E-state index in [0.29, 0.717) is 12.4 Å². The minimum absolute atomic E-state index is 0.138. The van der Waals surface area contributed by atoms with Gasteiger partial charge in [-0.15, -0.1) is 0 Å². The number of fused-ring (bicyclic) bond motifs is 1. The fourth-order valence-corrected chi connectivity index (χ4v) is 6.01. The first kappa shape index (κ1) is 25.3. The van der Waals surface area contributed by atoms with Gasteiger partial charge in [-0.1, -0.05) is 42.5 Å². The highest BCUT2D eigenvalue weighted by atomic mass is 32.2. The zero-order chi connectivity index (χ0) is 26.2. The maximum Gasteiger partial charge on any atom is 0.306 e. The van der Waals surface area contributed by atoms with Crippen molar-refractivity contribution in [1.29, 1.82) is 0 Å². The van der Waals surface area contributed by atoms with E-state index in [1.807, 2.05) is 55.3 Å². The molecule has 0 bridgehead atoms. The first-order chi connectivity index (χ1) is 17.9. The largest absolute Gasteiger partial charge is 0.489 e. The highest BCUT2D eigenvalue weighted by Gasteiger charge is 2.31. The molecule has 1 saturated heterocycles. The van der Waals surface area contributed by atoms with Gasteiger partial charge < -0.3 is 23.0 Å². The highest BCUT2D eigenvalue weighted by molar-refractivity contribution is 7.86. The van der Waals surface area contributed by atoms with Crippen LogP contribution in [0.5, 0.6) is 11.5 Å². The molecule has 0 aliphatic carbocycles. The first-order valence-electron chi connectivity index (χ1n) is 12.2. The number of rotatable bonds is 5. The van der Waals surface area contributed by atoms with Gasteiger partial charge in [0.05, 0.1) is 31.0 Å². The molecular weight excluding hydrogens is 492 g/mol. The van der Waals surface area contributed by atoms with Crippen LogP contribution in [0, 0.1) is 6.92 Å². The van der Waals surface area contributed by atoms with Gasteiger partial charge in [0.15, 0.2) is 5.75 Å². The van der Waals surface area contributed by atoms with E-state index >= 15 is 0 Å². The molecule has 37 heavy (non-hydrogen) atoms. The van der Waals surface area contributed by atoms with Gasteiger partial charge in [-0.3, -0.25) is 4.90 Å². The van der Waals surface area contributed by atoms with Crippen LogP contribution < -0.4 is 8.92 Å². The molecular formula is C28H30N2O6S. The van der Waals surface area contributed by atoms with Crippen LogP contribution in [0.2, 0.25) is 0 Å². The standard InChI is InChI=1S/C27H28N2O5S.CH2O/c1-18-25(23-11-10-19-6-3-4-7-21(19)27(23)34-35(2,30)31)22-8-5-9-24-26(22)29(18)20(17-33-24)16-28-12-14-32-15-13-28;1-2/h3-11,20H,12-17H2,1-2H3;1H2/t20-;/m1./s1. The average molecular weight is 523 g/mol. The second-order valence-electron chi connectivity index (χ2n) is 9.31. The summed E-state index contributed by atoms with van der Waals surface area (Å²) in [4.78, 5) is 10.4. The third-order valence-corrected chi connectivity index (χ3v) is 7.45. The molecule has 1 aromatic heterocycles. The Balaban J connectivity index is 0.00000137. The van der Waals surface area contributed by atoms with Crippen molar-refractivity contribution in [3.05, 3.63) is 60.3 Å². The van der Waals surface area contributed by atoms with Crippen molar-refractivity contribution in [1.82, 2.24) is 9.47 Å². The number of ether oxygens (including phenoxy) is 2. The maximum absolute atomic E-state index is 12.3. The van der Waals surface area contributed by atoms with Gasteiger partial charge in [0.25, 0.3) is 0 Å². The average Bonchev–Trinajstić information content (AvgIpc) is 3.20. The van der Waals surface area contributed by atoms with Crippen LogP contribution in [0.1, 0.15) is 11.7 Å². The highest BCUT2D eigenvalue weighted by Crippen LogP contribution is 2.47. The molecule has 0 unspecified atom stereocenters. The zero-order valence-electron chi connectivity index (χ0n) is 21.0. The molecule has 8 nitrogen and oxygen atoms in total. The van der Waals surface area contributed by atoms with Gasteiger partial charge >= 0.3 is 10.1 Å². The molecule has 1 fully saturated rings. The number of hydrogen-bond acceptors (Lipinski definition) is 7. The molecule has 0 spiro atoms. The molecule has 0 saturated carbocycles. The summed E-state index contributed by atoms with van der Waals surface area (Å²) in [6, 6.07) is 17.9. The zero-order valence-corrected chi connectivity index (χ0v) is 21.8. The first-order valence-corrected chi connectivity index (χ1v) is 14.0. The SMILES string of the molecule is C=O.Cc1c(-c2ccc3ccccc3c2OS(C)(=O)=O)c2cccc3c2n1[C@H](CN1CCOCC1)CO3. The smallest absolute Gasteiger partial charge is 0.306 e. The van der Waals surface area contributed by atoms with Gasteiger partial charge in [0.1, 0.15) is 19.1 Å². The summed E-state index contributed by atoms with van der Waals surface area (Å²) in [5.74, 6) is 1.21. The lowest BCUT2D eigenvalue weighted by Crippen LogP contribution is -2.42. The second-order valence-corrected chi connectivity index (χ2v) is 10.9. The number of benzene rings is 3. The Kier molecular flexibility index (Phi) is 6.94. The Hall–Kier alpha value is -3.40. The van der Waals surface area contributed by atoms with Crippen molar-refractivity contribution < 1.29 is 26.9 Å². The van der Waals surface area contributed by atoms with E-state index in [1.165, 1.54) is 0 Å². The molecule has 0 amide bonds. The Morgan fingerprint density at radius 3 is 2.49 bits per heavy atom. The molecule has 2 aliphatic rings. The van der Waals surface area contributed by atoms with Gasteiger partial charge in [-0.2, -0.15) is 8.42 Å². The van der Waals surface area contributed by atoms with Gasteiger partial charge in [0.2, 0.25) is 0 Å². The quantitative estimate of drug-likeness (QED) is 0.363. The van der Waals surface area contributed by atoms with Crippen molar-refractivity contribution in [2.45, 2.75) is 13.0 Å². The number of carbonyl (C=O) groups excluding carboxylic acids is 1. The maximum atomic E-state index is 12.3. The number of carbonyl (C=O) groups is 1. The van der Waals surface area contributed by atoms with Gasteiger partial charge in [-0.05, 0) is 24.4 Å². The van der Waals surface area contributed by atoms with Crippen LogP contribution >= 0.6 is 0 Å². The van der Waals surface area contributed by atoms with E-state index < -0.39 is 10.1 Å². The van der Waals surface area contributed by atoms with E-state index in [0.717, 1.165) is 83.3 Å². The lowest BCUT2D eigenvalue weighted by Gasteiger charge is -2.34. The minimum Gasteiger partial charge on any atom is -0.489 e. The lowest BCUT2D eigenvalue weighted by molar-refractivity contribution is -0.0980. The van der Waals surface area contributed by atoms with E-state index in [4.69, 9.17) is 18.5 Å². The molecule has 0 radical (unpaired) electrons. The summed E-state index contributed by atoms with van der Waals surface area (Å²) in [6.07, 6.45) is 1.09. The van der Waals surface area contributed by atoms with Crippen molar-refractivity contribution in [2.75, 3.05) is 45.7 Å². The van der Waals surface area contributed by atoms with Crippen molar-refractivity contribution in [3.63, 3.8) is 0 Å². The minimum atomic E-state index is -3.74. The molecule has 194 valence electrons. The monoisotopic (exact) mass is 522 g/mol. The number of para-hydroxylation sites is 1. The summed E-state index contributed by atoms with van der Waals surface area (Å²) < 4.78 is 44.4. The fourth-order valence-electron chi connectivity index (χ4n) is 5.53. The van der Waals surface area contributed by atoms with Gasteiger partial charge in [-0.25, -0.2) is 0 Å². The summed E-state index contributed by atoms with van der Waals surface area (Å²) >= 11 is 0. The van der Waals surface area contributed by atoms with Crippen LogP contribution in [0.15, 0.2) is 54.6 Å². The Morgan fingerprint density at radius 1 is 1.00 bits per heavy atom. The predicted molar refractivity (Wildman–Crippen MR) is 144 cm³/mol. The van der Waals surface area contributed by atoms with E-state index in [-0.39, 0.29) is 6.04 Å². The number of nitrogens with zero attached hydrogens (tertiary/aromatic N) is 2. The normalized spacial score (nSPS) is 17.7. The Labute approximate surface area is 216 Å². The molecule has 9 heteroatoms. The summed E-state index contributed by atoms with van der Waals surface area (Å²) in [5, 5.41) is 2.72. The van der Waals surface area contributed by atoms with Crippen LogP contribution in [-0.4, -0.2) is 70.4 Å². The molecule has 2 aliphatic heterocycles. The van der Waals surface area contributed by atoms with E-state index in [2.05, 4.69) is 22.5 Å². The predicted octanol–water partition coefficient (Wildman–Crippen LogP) is 4.19. The summed E-state index contributed by atoms with van der Waals surface area (Å²) in [5.41, 5.74) is 3.86. The van der Waals surface area contributed by atoms with Gasteiger partial charge in [0, 0.05) is 47.2 Å². The number of morpholine rings is 1. The summed E-state index contributed by atoms with van der Waals surface area (Å²) in [7, 11) is -3.74. The number of aromatic nitrogens is 1. The van der Waals surface area contributed by atoms with E-state index in [1.54, 1.807) is 0 Å². The topological polar surface area (TPSA) is 87.1 Å². The Bertz CT molecular complexity index is 1560. The molecule has 1 atom stereocenters. The fraction of sp³-hybridized carbons (Fsp3) is 0.321. The van der Waals surface area contributed by atoms with Crippen LogP contribution in [0.25, 0.3) is 32.8 Å². The summed E-state index contributed by atoms with van der Waals surface area (Å²) in [6.45, 7) is 8.87. The number of hydrogen-bond donors (Lipinski definition) is 0. The molecule has 0 N–H and O–H groups in total. The third kappa shape index (κ3) is 4.70. The molecule has 3 heterocycles. The van der Waals surface area contributed by atoms with Crippen LogP contribution in [-0.2, 0) is 19.6 Å². The third-order valence-electron chi connectivity index (χ3n) is 6.99. The molecule has 6 rings (SSSR count). The van der Waals surface area contributed by atoms with Crippen LogP contribution in [0.4, 0.5) is 0 Å². The molecule has 4 aromatic rings. The van der Waals surface area contributed by atoms with Crippen molar-refractivity contribution in [2.24, 2.45) is 0 Å². The van der Waals surface area contributed by atoms with E-state index in [9.17, 15) is 8.42 Å². The Morgan fingerprint density at radius 2 is 1.73 bits per heavy atom. The van der Waals surface area contributed by atoms with Crippen molar-refractivity contribution in [3.8, 4) is 22.6 Å². The lowest BCUT2D eigenvalue weighted by atomic mass is 9.97. The van der Waals surface area contributed by atoms with Crippen molar-refractivity contribution >= 4 is 38.6 Å².